The molecule has 6 heteroatoms. The van der Waals surface area contributed by atoms with Crippen LogP contribution in [0.25, 0.3) is 0 Å². The second-order valence-electron chi connectivity index (χ2n) is 5.15. The molecule has 0 spiro atoms. The molecule has 2 aromatic carbocycles. The number of benzene rings is 2. The van der Waals surface area contributed by atoms with Crippen molar-refractivity contribution in [2.24, 2.45) is 0 Å². The lowest BCUT2D eigenvalue weighted by Crippen LogP contribution is -2.04. The third-order valence-electron chi connectivity index (χ3n) is 3.53. The molecule has 1 unspecified atom stereocenters. The Kier molecular flexibility index (Phi) is 5.46. The van der Waals surface area contributed by atoms with E-state index >= 15 is 0 Å². The van der Waals surface area contributed by atoms with Crippen LogP contribution in [0.1, 0.15) is 29.6 Å². The number of halogens is 2. The van der Waals surface area contributed by atoms with Gasteiger partial charge in [-0.2, -0.15) is 0 Å². The molecule has 0 saturated heterocycles. The smallest absolute Gasteiger partial charge is 0.324 e. The van der Waals surface area contributed by atoms with Crippen molar-refractivity contribution in [2.45, 2.75) is 24.9 Å². The van der Waals surface area contributed by atoms with Gasteiger partial charge >= 0.3 is 7.60 Å². The lowest BCUT2D eigenvalue weighted by Gasteiger charge is -2.19. The molecule has 0 radical (unpaired) electrons. The third-order valence-corrected chi connectivity index (χ3v) is 4.87. The van der Waals surface area contributed by atoms with Gasteiger partial charge in [0.2, 0.25) is 0 Å². The van der Waals surface area contributed by atoms with Gasteiger partial charge in [0.15, 0.2) is 0 Å². The Labute approximate surface area is 127 Å². The monoisotopic (exact) mass is 326 g/mol. The SMILES string of the molecule is O=P(O)(O)C(CCCc1ccc(F)cc1)c1ccccc1F. The molecule has 0 aliphatic rings. The topological polar surface area (TPSA) is 57.5 Å². The van der Waals surface area contributed by atoms with E-state index in [4.69, 9.17) is 0 Å². The van der Waals surface area contributed by atoms with Crippen molar-refractivity contribution >= 4 is 7.60 Å². The molecule has 0 amide bonds. The van der Waals surface area contributed by atoms with Gasteiger partial charge in [-0.05, 0) is 43.0 Å². The van der Waals surface area contributed by atoms with Crippen LogP contribution in [0, 0.1) is 11.6 Å². The maximum Gasteiger partial charge on any atom is 0.333 e. The molecule has 0 aromatic heterocycles. The summed E-state index contributed by atoms with van der Waals surface area (Å²) in [7, 11) is -4.45. The Morgan fingerprint density at radius 2 is 1.64 bits per heavy atom. The first-order chi connectivity index (χ1) is 10.4. The highest BCUT2D eigenvalue weighted by Gasteiger charge is 2.31. The summed E-state index contributed by atoms with van der Waals surface area (Å²) in [6, 6.07) is 11.6. The van der Waals surface area contributed by atoms with Gasteiger partial charge in [-0.1, -0.05) is 30.3 Å². The Hall–Kier alpha value is -1.55. The Morgan fingerprint density at radius 1 is 1.00 bits per heavy atom. The Bertz CT molecular complexity index is 667. The van der Waals surface area contributed by atoms with Crippen LogP contribution in [0.3, 0.4) is 0 Å². The highest BCUT2D eigenvalue weighted by molar-refractivity contribution is 7.52. The van der Waals surface area contributed by atoms with Gasteiger partial charge in [-0.25, -0.2) is 8.78 Å². The summed E-state index contributed by atoms with van der Waals surface area (Å²) in [5.74, 6) is -0.944. The van der Waals surface area contributed by atoms with Crippen LogP contribution in [0.15, 0.2) is 48.5 Å². The summed E-state index contributed by atoms with van der Waals surface area (Å²) >= 11 is 0. The fourth-order valence-corrected chi connectivity index (χ4v) is 3.49. The zero-order chi connectivity index (χ0) is 16.2. The van der Waals surface area contributed by atoms with Crippen LogP contribution in [0.4, 0.5) is 8.78 Å². The molecular formula is C16H17F2O3P. The van der Waals surface area contributed by atoms with Gasteiger partial charge in [-0.15, -0.1) is 0 Å². The molecule has 2 rings (SSSR count). The van der Waals surface area contributed by atoms with Gasteiger partial charge < -0.3 is 9.79 Å². The Balaban J connectivity index is 2.07. The molecule has 1 atom stereocenters. The third kappa shape index (κ3) is 4.47. The summed E-state index contributed by atoms with van der Waals surface area (Å²) in [5, 5.41) is 0. The summed E-state index contributed by atoms with van der Waals surface area (Å²) in [5.41, 5.74) is -0.247. The van der Waals surface area contributed by atoms with E-state index in [2.05, 4.69) is 0 Å². The van der Waals surface area contributed by atoms with E-state index in [9.17, 15) is 23.1 Å². The zero-order valence-electron chi connectivity index (χ0n) is 11.8. The van der Waals surface area contributed by atoms with Gasteiger partial charge in [0.05, 0.1) is 5.66 Å². The second-order valence-corrected chi connectivity index (χ2v) is 6.95. The van der Waals surface area contributed by atoms with Crippen molar-refractivity contribution in [1.82, 2.24) is 0 Å². The van der Waals surface area contributed by atoms with Gasteiger partial charge in [0.1, 0.15) is 11.6 Å². The van der Waals surface area contributed by atoms with Crippen LogP contribution < -0.4 is 0 Å². The molecule has 2 aromatic rings. The first kappa shape index (κ1) is 16.8. The summed E-state index contributed by atoms with van der Waals surface area (Å²) in [6.45, 7) is 0. The molecule has 22 heavy (non-hydrogen) atoms. The minimum Gasteiger partial charge on any atom is -0.324 e. The highest BCUT2D eigenvalue weighted by Crippen LogP contribution is 2.54. The lowest BCUT2D eigenvalue weighted by molar-refractivity contribution is 0.352. The summed E-state index contributed by atoms with van der Waals surface area (Å²) in [6.07, 6.45) is 1.17. The van der Waals surface area contributed by atoms with E-state index in [0.717, 1.165) is 5.56 Å². The maximum absolute atomic E-state index is 13.8. The van der Waals surface area contributed by atoms with Crippen LogP contribution in [-0.2, 0) is 11.0 Å². The average Bonchev–Trinajstić information content (AvgIpc) is 2.45. The zero-order valence-corrected chi connectivity index (χ0v) is 12.7. The van der Waals surface area contributed by atoms with Gasteiger partial charge in [0, 0.05) is 5.56 Å². The first-order valence-electron chi connectivity index (χ1n) is 6.92. The molecule has 0 saturated carbocycles. The average molecular weight is 326 g/mol. The quantitative estimate of drug-likeness (QED) is 0.782. The number of hydrogen-bond acceptors (Lipinski definition) is 1. The molecule has 2 N–H and O–H groups in total. The summed E-state index contributed by atoms with van der Waals surface area (Å²) in [4.78, 5) is 19.0. The van der Waals surface area contributed by atoms with Crippen molar-refractivity contribution in [3.8, 4) is 0 Å². The van der Waals surface area contributed by atoms with Gasteiger partial charge in [0.25, 0.3) is 0 Å². The summed E-state index contributed by atoms with van der Waals surface area (Å²) < 4.78 is 38.2. The predicted molar refractivity (Wildman–Crippen MR) is 80.5 cm³/mol. The standard InChI is InChI=1S/C16H17F2O3P/c17-13-10-8-12(9-11-13)4-3-7-16(22(19,20)21)14-5-1-2-6-15(14)18/h1-2,5-6,8-11,16H,3-4,7H2,(H2,19,20,21). The molecular weight excluding hydrogens is 309 g/mol. The van der Waals surface area contributed by atoms with Crippen molar-refractivity contribution in [3.05, 3.63) is 71.3 Å². The normalized spacial score (nSPS) is 13.1. The van der Waals surface area contributed by atoms with Crippen molar-refractivity contribution in [1.29, 1.82) is 0 Å². The first-order valence-corrected chi connectivity index (χ1v) is 8.60. The second kappa shape index (κ2) is 7.14. The molecule has 0 aliphatic heterocycles. The number of aryl methyl sites for hydroxylation is 1. The fraction of sp³-hybridized carbons (Fsp3) is 0.250. The molecule has 0 bridgehead atoms. The van der Waals surface area contributed by atoms with Crippen LogP contribution >= 0.6 is 7.60 Å². The Morgan fingerprint density at radius 3 is 2.23 bits per heavy atom. The number of rotatable bonds is 6. The maximum atomic E-state index is 13.8. The molecule has 0 aliphatic carbocycles. The van der Waals surface area contributed by atoms with Crippen LogP contribution in [0.5, 0.6) is 0 Å². The van der Waals surface area contributed by atoms with Crippen LogP contribution in [0.2, 0.25) is 0 Å². The number of hydrogen-bond donors (Lipinski definition) is 2. The molecule has 118 valence electrons. The van der Waals surface area contributed by atoms with E-state index in [-0.39, 0.29) is 17.8 Å². The fourth-order valence-electron chi connectivity index (χ4n) is 2.40. The van der Waals surface area contributed by atoms with Crippen molar-refractivity contribution < 1.29 is 23.1 Å². The highest BCUT2D eigenvalue weighted by atomic mass is 31.2. The largest absolute Gasteiger partial charge is 0.333 e. The minimum absolute atomic E-state index is 0.0370. The van der Waals surface area contributed by atoms with E-state index in [1.54, 1.807) is 18.2 Å². The van der Waals surface area contributed by atoms with Crippen LogP contribution in [-0.4, -0.2) is 9.79 Å². The van der Waals surface area contributed by atoms with E-state index in [1.807, 2.05) is 0 Å². The van der Waals surface area contributed by atoms with E-state index in [0.29, 0.717) is 12.8 Å². The molecule has 0 fully saturated rings. The molecule has 0 heterocycles. The lowest BCUT2D eigenvalue weighted by atomic mass is 10.0. The van der Waals surface area contributed by atoms with E-state index in [1.165, 1.54) is 30.3 Å². The van der Waals surface area contributed by atoms with Gasteiger partial charge in [-0.3, -0.25) is 4.57 Å². The predicted octanol–water partition coefficient (Wildman–Crippen LogP) is 4.21. The van der Waals surface area contributed by atoms with Crippen molar-refractivity contribution in [3.63, 3.8) is 0 Å². The molecule has 3 nitrogen and oxygen atoms in total. The van der Waals surface area contributed by atoms with E-state index < -0.39 is 19.1 Å². The van der Waals surface area contributed by atoms with Crippen molar-refractivity contribution in [2.75, 3.05) is 0 Å². The minimum atomic E-state index is -4.45.